The summed E-state index contributed by atoms with van der Waals surface area (Å²) in [4.78, 5) is 4.59. The average Bonchev–Trinajstić information content (AvgIpc) is 2.58. The zero-order chi connectivity index (χ0) is 19.5. The topological polar surface area (TPSA) is 42.4 Å². The maximum atomic E-state index is 14.1. The second-order valence-electron chi connectivity index (χ2n) is 7.76. The summed E-state index contributed by atoms with van der Waals surface area (Å²) in [6, 6.07) is 6.87. The van der Waals surface area contributed by atoms with Gasteiger partial charge in [0.15, 0.2) is 0 Å². The van der Waals surface area contributed by atoms with Crippen LogP contribution in [-0.2, 0) is 6.42 Å². The molecule has 0 radical (unpaired) electrons. The van der Waals surface area contributed by atoms with Crippen LogP contribution in [-0.4, -0.2) is 23.8 Å². The lowest BCUT2D eigenvalue weighted by Crippen LogP contribution is -2.29. The van der Waals surface area contributed by atoms with E-state index in [9.17, 15) is 9.50 Å². The fourth-order valence-electron chi connectivity index (χ4n) is 3.38. The number of ether oxygens (including phenoxy) is 1. The smallest absolute Gasteiger partial charge is 0.145 e. The van der Waals surface area contributed by atoms with E-state index < -0.39 is 5.82 Å². The Morgan fingerprint density at radius 3 is 2.58 bits per heavy atom. The summed E-state index contributed by atoms with van der Waals surface area (Å²) in [5.74, 6) is 0.311. The SMILES string of the molecule is COc1cc(Cc2cccc(Cl)c2F)cnc1C(C)[C@H](CO)C(C)(C)C. The molecule has 0 bridgehead atoms. The lowest BCUT2D eigenvalue weighted by atomic mass is 9.73. The minimum Gasteiger partial charge on any atom is -0.495 e. The van der Waals surface area contributed by atoms with Gasteiger partial charge >= 0.3 is 0 Å². The Bertz CT molecular complexity index is 758. The summed E-state index contributed by atoms with van der Waals surface area (Å²) in [6.07, 6.45) is 2.12. The van der Waals surface area contributed by atoms with Crippen LogP contribution >= 0.6 is 11.6 Å². The van der Waals surface area contributed by atoms with Crippen molar-refractivity contribution in [3.63, 3.8) is 0 Å². The van der Waals surface area contributed by atoms with Gasteiger partial charge in [-0.15, -0.1) is 0 Å². The van der Waals surface area contributed by atoms with E-state index in [0.29, 0.717) is 17.7 Å². The number of hydrogen-bond acceptors (Lipinski definition) is 3. The van der Waals surface area contributed by atoms with Crippen molar-refractivity contribution >= 4 is 11.6 Å². The summed E-state index contributed by atoms with van der Waals surface area (Å²) in [6.45, 7) is 8.44. The molecule has 0 aliphatic rings. The van der Waals surface area contributed by atoms with Gasteiger partial charge in [0.25, 0.3) is 0 Å². The van der Waals surface area contributed by atoms with Gasteiger partial charge in [0.05, 0.1) is 17.8 Å². The van der Waals surface area contributed by atoms with Crippen LogP contribution in [0.4, 0.5) is 4.39 Å². The van der Waals surface area contributed by atoms with E-state index >= 15 is 0 Å². The molecule has 26 heavy (non-hydrogen) atoms. The van der Waals surface area contributed by atoms with Crippen molar-refractivity contribution in [3.05, 3.63) is 58.1 Å². The zero-order valence-electron chi connectivity index (χ0n) is 16.0. The number of methoxy groups -OCH3 is 1. The quantitative estimate of drug-likeness (QED) is 0.747. The minimum absolute atomic E-state index is 0.0203. The van der Waals surface area contributed by atoms with Crippen molar-refractivity contribution in [1.82, 2.24) is 4.98 Å². The monoisotopic (exact) mass is 379 g/mol. The molecule has 1 unspecified atom stereocenters. The van der Waals surface area contributed by atoms with E-state index in [1.165, 1.54) is 6.07 Å². The fourth-order valence-corrected chi connectivity index (χ4v) is 3.57. The minimum atomic E-state index is -0.404. The molecule has 2 aromatic rings. The Labute approximate surface area is 160 Å². The highest BCUT2D eigenvalue weighted by atomic mass is 35.5. The third-order valence-corrected chi connectivity index (χ3v) is 5.22. The Kier molecular flexibility index (Phi) is 6.64. The highest BCUT2D eigenvalue weighted by molar-refractivity contribution is 6.30. The number of pyridine rings is 1. The first-order valence-corrected chi connectivity index (χ1v) is 9.13. The normalized spacial score (nSPS) is 14.2. The van der Waals surface area contributed by atoms with Crippen LogP contribution in [0.3, 0.4) is 0 Å². The van der Waals surface area contributed by atoms with Crippen LogP contribution < -0.4 is 4.74 Å². The summed E-state index contributed by atoms with van der Waals surface area (Å²) in [5, 5.41) is 9.95. The average molecular weight is 380 g/mol. The van der Waals surface area contributed by atoms with E-state index in [2.05, 4.69) is 25.8 Å². The van der Waals surface area contributed by atoms with Gasteiger partial charge in [0, 0.05) is 25.1 Å². The lowest BCUT2D eigenvalue weighted by Gasteiger charge is -2.34. The van der Waals surface area contributed by atoms with Crippen LogP contribution in [0.25, 0.3) is 0 Å². The molecule has 5 heteroatoms. The molecule has 0 aliphatic heterocycles. The number of aliphatic hydroxyl groups is 1. The Balaban J connectivity index is 2.34. The Morgan fingerprint density at radius 1 is 1.31 bits per heavy atom. The summed E-state index contributed by atoms with van der Waals surface area (Å²) in [5.41, 5.74) is 2.10. The van der Waals surface area contributed by atoms with Gasteiger partial charge in [0.2, 0.25) is 0 Å². The summed E-state index contributed by atoms with van der Waals surface area (Å²) < 4.78 is 19.7. The molecular weight excluding hydrogens is 353 g/mol. The number of aliphatic hydroxyl groups excluding tert-OH is 1. The first-order chi connectivity index (χ1) is 12.2. The molecule has 2 rings (SSSR count). The summed E-state index contributed by atoms with van der Waals surface area (Å²) in [7, 11) is 1.60. The maximum absolute atomic E-state index is 14.1. The predicted molar refractivity (Wildman–Crippen MR) is 103 cm³/mol. The number of nitrogens with zero attached hydrogens (tertiary/aromatic N) is 1. The van der Waals surface area contributed by atoms with Crippen LogP contribution in [0.5, 0.6) is 5.75 Å². The van der Waals surface area contributed by atoms with E-state index in [4.69, 9.17) is 16.3 Å². The lowest BCUT2D eigenvalue weighted by molar-refractivity contribution is 0.109. The Hall–Kier alpha value is -1.65. The third kappa shape index (κ3) is 4.54. The van der Waals surface area contributed by atoms with E-state index in [1.54, 1.807) is 25.4 Å². The van der Waals surface area contributed by atoms with Crippen molar-refractivity contribution in [2.45, 2.75) is 40.0 Å². The number of aromatic nitrogens is 1. The number of hydrogen-bond donors (Lipinski definition) is 1. The Morgan fingerprint density at radius 2 is 2.00 bits per heavy atom. The molecule has 3 nitrogen and oxygen atoms in total. The fraction of sp³-hybridized carbons (Fsp3) is 0.476. The van der Waals surface area contributed by atoms with Crippen molar-refractivity contribution in [3.8, 4) is 5.75 Å². The zero-order valence-corrected chi connectivity index (χ0v) is 16.8. The number of rotatable bonds is 6. The van der Waals surface area contributed by atoms with E-state index in [1.807, 2.05) is 13.0 Å². The maximum Gasteiger partial charge on any atom is 0.145 e. The first kappa shape index (κ1) is 20.7. The van der Waals surface area contributed by atoms with Crippen molar-refractivity contribution in [2.75, 3.05) is 13.7 Å². The second-order valence-corrected chi connectivity index (χ2v) is 8.17. The highest BCUT2D eigenvalue weighted by Gasteiger charge is 2.32. The van der Waals surface area contributed by atoms with Gasteiger partial charge in [-0.05, 0) is 34.6 Å². The van der Waals surface area contributed by atoms with Crippen LogP contribution in [0.15, 0.2) is 30.5 Å². The van der Waals surface area contributed by atoms with Crippen molar-refractivity contribution in [1.29, 1.82) is 0 Å². The molecule has 2 atom stereocenters. The van der Waals surface area contributed by atoms with Crippen LogP contribution in [0, 0.1) is 17.2 Å². The predicted octanol–water partition coefficient (Wildman–Crippen LogP) is 5.23. The standard InChI is InChI=1S/C21H27ClFNO2/c1-13(16(12-25)21(2,3)4)20-18(26-5)10-14(11-24-20)9-15-7-6-8-17(22)19(15)23/h6-8,10-11,13,16,25H,9,12H2,1-5H3/t13?,16-/m0/s1. The molecule has 1 heterocycles. The molecule has 0 spiro atoms. The van der Waals surface area contributed by atoms with E-state index in [0.717, 1.165) is 11.3 Å². The van der Waals surface area contributed by atoms with Gasteiger partial charge in [-0.2, -0.15) is 0 Å². The van der Waals surface area contributed by atoms with Crippen LogP contribution in [0.2, 0.25) is 5.02 Å². The van der Waals surface area contributed by atoms with Gasteiger partial charge in [0.1, 0.15) is 11.6 Å². The second kappa shape index (κ2) is 8.36. The van der Waals surface area contributed by atoms with Crippen LogP contribution in [0.1, 0.15) is 50.4 Å². The molecule has 0 amide bonds. The molecular formula is C21H27ClFNO2. The first-order valence-electron chi connectivity index (χ1n) is 8.75. The molecule has 1 aromatic heterocycles. The molecule has 0 saturated heterocycles. The molecule has 0 fully saturated rings. The molecule has 0 saturated carbocycles. The molecule has 1 N–H and O–H groups in total. The highest BCUT2D eigenvalue weighted by Crippen LogP contribution is 2.39. The molecule has 1 aromatic carbocycles. The van der Waals surface area contributed by atoms with Crippen molar-refractivity contribution < 1.29 is 14.2 Å². The van der Waals surface area contributed by atoms with Gasteiger partial charge < -0.3 is 9.84 Å². The number of benzene rings is 1. The molecule has 0 aliphatic carbocycles. The number of halogens is 2. The molecule has 142 valence electrons. The third-order valence-electron chi connectivity index (χ3n) is 4.93. The largest absolute Gasteiger partial charge is 0.495 e. The van der Waals surface area contributed by atoms with Gasteiger partial charge in [-0.3, -0.25) is 4.98 Å². The van der Waals surface area contributed by atoms with E-state index in [-0.39, 0.29) is 28.9 Å². The van der Waals surface area contributed by atoms with Crippen molar-refractivity contribution in [2.24, 2.45) is 11.3 Å². The summed E-state index contributed by atoms with van der Waals surface area (Å²) >= 11 is 5.86. The van der Waals surface area contributed by atoms with Gasteiger partial charge in [-0.25, -0.2) is 4.39 Å². The van der Waals surface area contributed by atoms with Gasteiger partial charge in [-0.1, -0.05) is 51.4 Å².